The zero-order valence-corrected chi connectivity index (χ0v) is 69.0. The van der Waals surface area contributed by atoms with Crippen LogP contribution in [0.1, 0.15) is 310 Å². The second-order valence-corrected chi connectivity index (χ2v) is 29.8. The van der Waals surface area contributed by atoms with Gasteiger partial charge in [0.2, 0.25) is 0 Å². The quantitative estimate of drug-likeness (QED) is 0.0169. The van der Waals surface area contributed by atoms with Crippen LogP contribution in [0.4, 0.5) is 0 Å². The molecule has 0 heterocycles. The molecule has 0 bridgehead atoms. The summed E-state index contributed by atoms with van der Waals surface area (Å²) in [6, 6.07) is 0. The van der Waals surface area contributed by atoms with Crippen molar-refractivity contribution in [2.75, 3.05) is 39.6 Å². The van der Waals surface area contributed by atoms with E-state index in [0.717, 1.165) is 161 Å². The summed E-state index contributed by atoms with van der Waals surface area (Å²) in [5.41, 5.74) is 0. The van der Waals surface area contributed by atoms with Gasteiger partial charge in [-0.25, -0.2) is 9.13 Å². The van der Waals surface area contributed by atoms with Gasteiger partial charge in [-0.1, -0.05) is 307 Å². The van der Waals surface area contributed by atoms with Gasteiger partial charge in [0.25, 0.3) is 0 Å². The largest absolute Gasteiger partial charge is 0.472 e. The van der Waals surface area contributed by atoms with Crippen LogP contribution in [0.25, 0.3) is 0 Å². The van der Waals surface area contributed by atoms with Gasteiger partial charge in [-0.2, -0.15) is 0 Å². The molecule has 19 heteroatoms. The molecule has 0 aliphatic heterocycles. The third kappa shape index (κ3) is 78.5. The molecular weight excluding hydrogens is 1400 g/mol. The highest BCUT2D eigenvalue weighted by Crippen LogP contribution is 2.45. The molecule has 5 atom stereocenters. The van der Waals surface area contributed by atoms with Crippen molar-refractivity contribution >= 4 is 39.5 Å². The number of allylic oxidation sites excluding steroid dienone is 28. The lowest BCUT2D eigenvalue weighted by molar-refractivity contribution is -0.161. The van der Waals surface area contributed by atoms with Gasteiger partial charge in [0.15, 0.2) is 12.2 Å². The minimum atomic E-state index is -5.01. The smallest absolute Gasteiger partial charge is 0.462 e. The lowest BCUT2D eigenvalue weighted by Crippen LogP contribution is -2.30. The highest BCUT2D eigenvalue weighted by atomic mass is 31.2. The second kappa shape index (κ2) is 79.5. The van der Waals surface area contributed by atoms with Gasteiger partial charge in [-0.05, 0) is 148 Å². The van der Waals surface area contributed by atoms with Crippen molar-refractivity contribution in [2.45, 2.75) is 329 Å². The van der Waals surface area contributed by atoms with E-state index < -0.39 is 97.5 Å². The number of aliphatic hydroxyl groups is 1. The fourth-order valence-electron chi connectivity index (χ4n) is 10.5. The number of carbonyl (C=O) groups is 4. The number of phosphoric ester groups is 2. The number of rotatable bonds is 76. The van der Waals surface area contributed by atoms with Crippen molar-refractivity contribution in [3.63, 3.8) is 0 Å². The first-order valence-corrected chi connectivity index (χ1v) is 44.4. The maximum Gasteiger partial charge on any atom is 0.472 e. The normalized spacial score (nSPS) is 14.7. The highest BCUT2D eigenvalue weighted by Gasteiger charge is 2.30. The molecule has 0 aliphatic carbocycles. The summed E-state index contributed by atoms with van der Waals surface area (Å²) in [5, 5.41) is 10.7. The molecule has 0 saturated heterocycles. The molecule has 0 aliphatic rings. The molecule has 5 unspecified atom stereocenters. The second-order valence-electron chi connectivity index (χ2n) is 26.9. The zero-order valence-electron chi connectivity index (χ0n) is 67.2. The summed E-state index contributed by atoms with van der Waals surface area (Å²) in [5.74, 6) is -2.31. The van der Waals surface area contributed by atoms with Crippen LogP contribution in [0, 0.1) is 0 Å². The van der Waals surface area contributed by atoms with Crippen LogP contribution < -0.4 is 0 Å². The van der Waals surface area contributed by atoms with Crippen LogP contribution in [-0.4, -0.2) is 96.7 Å². The molecule has 0 spiro atoms. The third-order valence-electron chi connectivity index (χ3n) is 16.7. The third-order valence-corrected chi connectivity index (χ3v) is 18.6. The number of carbonyl (C=O) groups excluding carboxylic acids is 4. The summed E-state index contributed by atoms with van der Waals surface area (Å²) in [6.45, 7) is 4.42. The van der Waals surface area contributed by atoms with Gasteiger partial charge >= 0.3 is 39.5 Å². The summed E-state index contributed by atoms with van der Waals surface area (Å²) in [4.78, 5) is 73.2. The van der Waals surface area contributed by atoms with Crippen LogP contribution in [0.15, 0.2) is 170 Å². The summed E-state index contributed by atoms with van der Waals surface area (Å²) < 4.78 is 68.6. The number of unbranched alkanes of at least 4 members (excludes halogenated alkanes) is 22. The van der Waals surface area contributed by atoms with E-state index in [1.54, 1.807) is 0 Å². The Bertz CT molecular complexity index is 2710. The van der Waals surface area contributed by atoms with Crippen LogP contribution in [0.5, 0.6) is 0 Å². The van der Waals surface area contributed by atoms with Gasteiger partial charge < -0.3 is 33.8 Å². The molecule has 0 aromatic rings. The highest BCUT2D eigenvalue weighted by molar-refractivity contribution is 7.47. The predicted octanol–water partition coefficient (Wildman–Crippen LogP) is 24.6. The van der Waals surface area contributed by atoms with Gasteiger partial charge in [0.1, 0.15) is 19.3 Å². The van der Waals surface area contributed by atoms with Gasteiger partial charge in [-0.3, -0.25) is 37.3 Å². The molecule has 0 aromatic carbocycles. The average molecular weight is 1550 g/mol. The van der Waals surface area contributed by atoms with E-state index >= 15 is 0 Å². The summed E-state index contributed by atoms with van der Waals surface area (Å²) >= 11 is 0. The molecule has 0 saturated carbocycles. The van der Waals surface area contributed by atoms with Crippen LogP contribution in [0.2, 0.25) is 0 Å². The lowest BCUT2D eigenvalue weighted by atomic mass is 10.0. The van der Waals surface area contributed by atoms with E-state index in [-0.39, 0.29) is 25.7 Å². The number of aliphatic hydroxyl groups excluding tert-OH is 1. The summed E-state index contributed by atoms with van der Waals surface area (Å²) in [7, 11) is -10.0. The molecule has 108 heavy (non-hydrogen) atoms. The molecule has 0 radical (unpaired) electrons. The fourth-order valence-corrected chi connectivity index (χ4v) is 12.1. The Morgan fingerprint density at radius 3 is 0.787 bits per heavy atom. The number of hydrogen-bond acceptors (Lipinski definition) is 15. The Morgan fingerprint density at radius 2 is 0.491 bits per heavy atom. The van der Waals surface area contributed by atoms with E-state index in [4.69, 9.17) is 37.0 Å². The minimum Gasteiger partial charge on any atom is -0.462 e. The molecule has 0 amide bonds. The van der Waals surface area contributed by atoms with E-state index in [2.05, 4.69) is 186 Å². The Hall–Kier alpha value is -5.58. The molecule has 0 fully saturated rings. The molecular formula is C89H146O17P2. The van der Waals surface area contributed by atoms with Crippen molar-refractivity contribution in [1.29, 1.82) is 0 Å². The van der Waals surface area contributed by atoms with Gasteiger partial charge in [0.05, 0.1) is 26.4 Å². The maximum atomic E-state index is 13.1. The Balaban J connectivity index is 5.48. The SMILES string of the molecule is CC/C=C\C/C=C\C/C=C\C/C=C\C/C=C\CCCCCC(=O)OCC(COP(=O)(O)OCC(O)COP(=O)(O)OCC(COC(=O)CCC/C=C\C/C=C\C/C=C\C/C=C\C/C=C\CC)OC(=O)CCCCCC/C=C\C/C=C\C/C=C\C/C=C\CC)OC(=O)CCCCCCCCCCCCCCCCC. The summed E-state index contributed by atoms with van der Waals surface area (Å²) in [6.07, 6.45) is 94.7. The topological polar surface area (TPSA) is 237 Å². The monoisotopic (exact) mass is 1550 g/mol. The van der Waals surface area contributed by atoms with Gasteiger partial charge in [0, 0.05) is 25.7 Å². The van der Waals surface area contributed by atoms with E-state index in [0.29, 0.717) is 32.1 Å². The minimum absolute atomic E-state index is 0.0483. The average Bonchev–Trinajstić information content (AvgIpc) is 0.901. The fraction of sp³-hybridized carbons (Fsp3) is 0.640. The van der Waals surface area contributed by atoms with E-state index in [1.165, 1.54) is 64.2 Å². The number of esters is 4. The number of ether oxygens (including phenoxy) is 4. The Labute approximate surface area is 654 Å². The van der Waals surface area contributed by atoms with Gasteiger partial charge in [-0.15, -0.1) is 0 Å². The molecule has 17 nitrogen and oxygen atoms in total. The predicted molar refractivity (Wildman–Crippen MR) is 445 cm³/mol. The first-order chi connectivity index (χ1) is 52.7. The van der Waals surface area contributed by atoms with Crippen LogP contribution in [0.3, 0.4) is 0 Å². The number of hydrogen-bond donors (Lipinski definition) is 3. The maximum absolute atomic E-state index is 13.1. The Kier molecular flexibility index (Phi) is 75.4. The molecule has 614 valence electrons. The number of phosphoric acid groups is 2. The van der Waals surface area contributed by atoms with E-state index in [9.17, 15) is 43.2 Å². The van der Waals surface area contributed by atoms with Crippen molar-refractivity contribution in [3.05, 3.63) is 170 Å². The zero-order chi connectivity index (χ0) is 78.9. The van der Waals surface area contributed by atoms with Crippen molar-refractivity contribution in [3.8, 4) is 0 Å². The lowest BCUT2D eigenvalue weighted by Gasteiger charge is -2.21. The van der Waals surface area contributed by atoms with Crippen molar-refractivity contribution < 1.29 is 80.2 Å². The van der Waals surface area contributed by atoms with Crippen molar-refractivity contribution in [2.24, 2.45) is 0 Å². The first kappa shape index (κ1) is 102. The van der Waals surface area contributed by atoms with Crippen LogP contribution in [-0.2, 0) is 65.4 Å². The molecule has 0 rings (SSSR count). The Morgan fingerprint density at radius 1 is 0.269 bits per heavy atom. The van der Waals surface area contributed by atoms with Crippen LogP contribution >= 0.6 is 15.6 Å². The molecule has 0 aromatic heterocycles. The van der Waals surface area contributed by atoms with E-state index in [1.807, 2.05) is 12.2 Å². The first-order valence-electron chi connectivity index (χ1n) is 41.4. The van der Waals surface area contributed by atoms with Crippen molar-refractivity contribution in [1.82, 2.24) is 0 Å². The molecule has 3 N–H and O–H groups in total. The standard InChI is InChI=1S/C89H146O17P2/c1-5-9-13-17-21-25-29-33-37-40-41-44-47-50-54-58-62-66-70-74-87(92)100-79-84(105-88(93)75-71-67-63-59-55-51-45-36-32-28-24-20-16-12-8-4)81-103-107(95,96)101-77-83(90)78-102-108(97,98)104-82-85(106-89(94)76-72-68-64-60-56-52-48-43-39-35-31-27-23-19-15-11-7-3)80-99-86(91)73-69-65-61-57-53-49-46-42-38-34-30-26-22-18-14-10-6-2/h9-11,13-15,21-23,25-27,33-35,37-39,41,44,46,48-50,52,54,57,61,83-85,90H,5-8,12,16-20,24,28-32,36,40,42-43,45,47,51,53,55-56,58-60,62-82H2,1-4H3,(H,95,96)(H,97,98)/b13-9-,14-10-,15-11-,25-21-,26-22-,27-23-,37-33-,38-34-,39-35-,44-41-,49-46-,52-48-,54-50-,61-57-.